The largest absolute Gasteiger partial charge is 0.475 e. The summed E-state index contributed by atoms with van der Waals surface area (Å²) < 4.78 is 36.5. The van der Waals surface area contributed by atoms with Gasteiger partial charge in [-0.15, -0.1) is 0 Å². The molecule has 11 nitrogen and oxygen atoms in total. The van der Waals surface area contributed by atoms with Gasteiger partial charge < -0.3 is 14.5 Å². The zero-order valence-corrected chi connectivity index (χ0v) is 30.4. The molecule has 12 heteroatoms. The molecule has 0 spiro atoms. The number of aryl methyl sites for hydroxylation is 2. The number of carbonyl (C=O) groups is 1. The molecule has 1 saturated carbocycles. The molecule has 0 saturated heterocycles. The number of ether oxygens (including phenoxy) is 1. The SMILES string of the molecule is Cc1cccc(C)c1-c1cc2nc(n1)NS(=O)(=O)c1cccc(c1)C(=O)N(Cc1cncc(N(C)CC(C)C)n1)[C@H](CC1CCCCC1)CO2. The lowest BCUT2D eigenvalue weighted by molar-refractivity contribution is 0.0527. The number of anilines is 2. The van der Waals surface area contributed by atoms with Crippen LogP contribution in [0.4, 0.5) is 11.8 Å². The van der Waals surface area contributed by atoms with Gasteiger partial charge in [0.05, 0.1) is 41.3 Å². The third kappa shape index (κ3) is 8.23. The van der Waals surface area contributed by atoms with Crippen molar-refractivity contribution in [3.63, 3.8) is 0 Å². The third-order valence-corrected chi connectivity index (χ3v) is 10.9. The minimum absolute atomic E-state index is 0.0629. The van der Waals surface area contributed by atoms with E-state index in [0.29, 0.717) is 23.2 Å². The van der Waals surface area contributed by atoms with Crippen LogP contribution < -0.4 is 14.4 Å². The van der Waals surface area contributed by atoms with E-state index in [1.54, 1.807) is 35.5 Å². The summed E-state index contributed by atoms with van der Waals surface area (Å²) in [4.78, 5) is 37.0. The number of rotatable bonds is 8. The minimum Gasteiger partial charge on any atom is -0.475 e. The Labute approximate surface area is 295 Å². The third-order valence-electron chi connectivity index (χ3n) is 9.55. The summed E-state index contributed by atoms with van der Waals surface area (Å²) in [7, 11) is -2.18. The van der Waals surface area contributed by atoms with Crippen LogP contribution in [0.25, 0.3) is 11.3 Å². The van der Waals surface area contributed by atoms with Gasteiger partial charge in [0.25, 0.3) is 15.9 Å². The highest BCUT2D eigenvalue weighted by Crippen LogP contribution is 2.33. The minimum atomic E-state index is -4.17. The van der Waals surface area contributed by atoms with Crippen LogP contribution in [0.2, 0.25) is 0 Å². The number of amides is 1. The van der Waals surface area contributed by atoms with Crippen molar-refractivity contribution < 1.29 is 17.9 Å². The van der Waals surface area contributed by atoms with Gasteiger partial charge >= 0.3 is 0 Å². The van der Waals surface area contributed by atoms with Gasteiger partial charge in [0.15, 0.2) is 0 Å². The van der Waals surface area contributed by atoms with Gasteiger partial charge in [-0.05, 0) is 61.4 Å². The summed E-state index contributed by atoms with van der Waals surface area (Å²) in [6, 6.07) is 13.5. The average Bonchev–Trinajstić information content (AvgIpc) is 3.09. The van der Waals surface area contributed by atoms with Crippen LogP contribution >= 0.6 is 0 Å². The van der Waals surface area contributed by atoms with Crippen LogP contribution in [0.15, 0.2) is 65.8 Å². The van der Waals surface area contributed by atoms with Crippen LogP contribution in [-0.4, -0.2) is 65.4 Å². The Balaban J connectivity index is 1.46. The summed E-state index contributed by atoms with van der Waals surface area (Å²) in [6.45, 7) is 9.41. The number of nitrogens with one attached hydrogen (secondary N) is 1. The second kappa shape index (κ2) is 15.1. The number of carbonyl (C=O) groups excluding carboxylic acids is 1. The lowest BCUT2D eigenvalue weighted by Crippen LogP contribution is -2.45. The second-order valence-corrected chi connectivity index (χ2v) is 15.8. The molecule has 1 fully saturated rings. The number of benzene rings is 2. The maximum absolute atomic E-state index is 14.6. The summed E-state index contributed by atoms with van der Waals surface area (Å²) >= 11 is 0. The summed E-state index contributed by atoms with van der Waals surface area (Å²) in [5.74, 6) is 1.38. The Kier molecular flexibility index (Phi) is 10.7. The Morgan fingerprint density at radius 3 is 2.46 bits per heavy atom. The standard InChI is InChI=1S/C38H47N7O4S/c1-25(2)22-44(5)34-21-39-20-30(40-34)23-45-31(17-28-13-7-6-8-14-28)24-49-35-19-33(36-26(3)11-9-12-27(36)4)41-38(42-35)43-50(47,48)32-16-10-15-29(18-32)37(45)46/h9-12,15-16,18-21,25,28,31H,6-8,13-14,17,22-24H2,1-5H3,(H,41,42,43)/t31-/m1/s1. The molecule has 3 heterocycles. The molecule has 1 aliphatic heterocycles. The van der Waals surface area contributed by atoms with Crippen LogP contribution in [0.1, 0.15) is 79.6 Å². The normalized spacial score (nSPS) is 18.0. The highest BCUT2D eigenvalue weighted by atomic mass is 32.2. The van der Waals surface area contributed by atoms with Crippen molar-refractivity contribution in [2.75, 3.05) is 29.8 Å². The fourth-order valence-electron chi connectivity index (χ4n) is 7.14. The maximum Gasteiger partial charge on any atom is 0.264 e. The van der Waals surface area contributed by atoms with E-state index in [9.17, 15) is 13.2 Å². The van der Waals surface area contributed by atoms with Gasteiger partial charge in [0.2, 0.25) is 11.8 Å². The molecule has 1 atom stereocenters. The van der Waals surface area contributed by atoms with Gasteiger partial charge in [-0.2, -0.15) is 4.98 Å². The molecule has 50 heavy (non-hydrogen) atoms. The van der Waals surface area contributed by atoms with Crippen LogP contribution in [0.3, 0.4) is 0 Å². The highest BCUT2D eigenvalue weighted by molar-refractivity contribution is 7.92. The maximum atomic E-state index is 14.6. The Hall–Kier alpha value is -4.58. The van der Waals surface area contributed by atoms with Gasteiger partial charge in [0, 0.05) is 30.8 Å². The fourth-order valence-corrected chi connectivity index (χ4v) is 8.13. The second-order valence-electron chi connectivity index (χ2n) is 14.1. The van der Waals surface area contributed by atoms with Crippen LogP contribution in [0, 0.1) is 25.7 Å². The Bertz CT molecular complexity index is 1930. The highest BCUT2D eigenvalue weighted by Gasteiger charge is 2.31. The molecule has 4 bridgehead atoms. The van der Waals surface area contributed by atoms with Crippen molar-refractivity contribution >= 4 is 27.7 Å². The molecular weight excluding hydrogens is 651 g/mol. The van der Waals surface area contributed by atoms with E-state index in [0.717, 1.165) is 61.2 Å². The van der Waals surface area contributed by atoms with Crippen molar-refractivity contribution in [2.45, 2.75) is 83.7 Å². The van der Waals surface area contributed by atoms with E-state index in [2.05, 4.69) is 38.4 Å². The zero-order valence-electron chi connectivity index (χ0n) is 29.6. The predicted molar refractivity (Wildman–Crippen MR) is 195 cm³/mol. The Morgan fingerprint density at radius 1 is 0.980 bits per heavy atom. The van der Waals surface area contributed by atoms with E-state index >= 15 is 0 Å². The first-order valence-electron chi connectivity index (χ1n) is 17.5. The molecule has 2 aromatic carbocycles. The van der Waals surface area contributed by atoms with Crippen molar-refractivity contribution in [3.8, 4) is 17.1 Å². The van der Waals surface area contributed by atoms with Gasteiger partial charge in [0.1, 0.15) is 12.4 Å². The van der Waals surface area contributed by atoms with Crippen molar-refractivity contribution in [1.82, 2.24) is 24.8 Å². The first-order valence-corrected chi connectivity index (χ1v) is 19.0. The first-order chi connectivity index (χ1) is 24.0. The smallest absolute Gasteiger partial charge is 0.264 e. The molecule has 0 unspecified atom stereocenters. The Morgan fingerprint density at radius 2 is 1.72 bits per heavy atom. The van der Waals surface area contributed by atoms with Crippen LogP contribution in [-0.2, 0) is 16.6 Å². The molecule has 0 radical (unpaired) electrons. The predicted octanol–water partition coefficient (Wildman–Crippen LogP) is 6.82. The molecule has 1 amide bonds. The number of aromatic nitrogens is 4. The molecular formula is C38H47N7O4S. The van der Waals surface area contributed by atoms with E-state index in [4.69, 9.17) is 9.72 Å². The van der Waals surface area contributed by atoms with E-state index in [-0.39, 0.29) is 47.4 Å². The molecule has 2 aliphatic rings. The van der Waals surface area contributed by atoms with Gasteiger partial charge in [-0.25, -0.2) is 23.1 Å². The number of nitrogens with zero attached hydrogens (tertiary/aromatic N) is 6. The number of hydrogen-bond donors (Lipinski definition) is 1. The quantitative estimate of drug-likeness (QED) is 0.211. The number of sulfonamides is 1. The van der Waals surface area contributed by atoms with E-state index < -0.39 is 10.0 Å². The molecule has 4 aromatic rings. The topological polar surface area (TPSA) is 131 Å². The fraction of sp³-hybridized carbons (Fsp3) is 0.447. The van der Waals surface area contributed by atoms with Crippen molar-refractivity contribution in [3.05, 3.63) is 83.3 Å². The summed E-state index contributed by atoms with van der Waals surface area (Å²) in [5, 5.41) is 0. The molecule has 6 rings (SSSR count). The monoisotopic (exact) mass is 697 g/mol. The van der Waals surface area contributed by atoms with Crippen molar-refractivity contribution in [1.29, 1.82) is 0 Å². The average molecular weight is 698 g/mol. The van der Waals surface area contributed by atoms with Gasteiger partial charge in [-0.1, -0.05) is 70.2 Å². The van der Waals surface area contributed by atoms with E-state index in [1.807, 2.05) is 39.1 Å². The number of fused-ring (bicyclic) bond motifs is 4. The van der Waals surface area contributed by atoms with Crippen molar-refractivity contribution in [2.24, 2.45) is 11.8 Å². The molecule has 1 aliphatic carbocycles. The van der Waals surface area contributed by atoms with Gasteiger partial charge in [-0.3, -0.25) is 9.78 Å². The molecule has 1 N–H and O–H groups in total. The lowest BCUT2D eigenvalue weighted by Gasteiger charge is -2.35. The lowest BCUT2D eigenvalue weighted by atomic mass is 9.84. The first kappa shape index (κ1) is 35.3. The van der Waals surface area contributed by atoms with E-state index in [1.165, 1.54) is 18.6 Å². The summed E-state index contributed by atoms with van der Waals surface area (Å²) in [5.41, 5.74) is 4.29. The van der Waals surface area contributed by atoms with Crippen LogP contribution in [0.5, 0.6) is 5.88 Å². The number of hydrogen-bond acceptors (Lipinski definition) is 9. The summed E-state index contributed by atoms with van der Waals surface area (Å²) in [6.07, 6.45) is 9.84. The molecule has 2 aromatic heterocycles. The molecule has 264 valence electrons. The zero-order chi connectivity index (χ0) is 35.4.